The number of hydrogen-bond donors (Lipinski definition) is 1. The average Bonchev–Trinajstić information content (AvgIpc) is 3.20. The minimum absolute atomic E-state index is 0.00129. The van der Waals surface area contributed by atoms with Crippen LogP contribution >= 0.6 is 11.6 Å². The second kappa shape index (κ2) is 10.4. The minimum Gasteiger partial charge on any atom is -0.360 e. The highest BCUT2D eigenvalue weighted by Crippen LogP contribution is 2.25. The number of nitrogens with one attached hydrogen (secondary N) is 1. The van der Waals surface area contributed by atoms with E-state index in [0.717, 1.165) is 41.3 Å². The molecule has 3 aromatic rings. The van der Waals surface area contributed by atoms with E-state index in [1.54, 1.807) is 0 Å². The summed E-state index contributed by atoms with van der Waals surface area (Å²) in [6.07, 6.45) is 3.60. The monoisotopic (exact) mass is 444 g/mol. The molecule has 1 N–H and O–H groups in total. The zero-order chi connectivity index (χ0) is 22.4. The van der Waals surface area contributed by atoms with Gasteiger partial charge in [0, 0.05) is 24.1 Å². The highest BCUT2D eigenvalue weighted by atomic mass is 35.5. The summed E-state index contributed by atoms with van der Waals surface area (Å²) in [6, 6.07) is 10.4. The Bertz CT molecular complexity index is 1110. The predicted molar refractivity (Wildman–Crippen MR) is 117 cm³/mol. The number of benzene rings is 2. The van der Waals surface area contributed by atoms with Crippen LogP contribution in [0.25, 0.3) is 5.57 Å². The third-order valence-electron chi connectivity index (χ3n) is 4.84. The van der Waals surface area contributed by atoms with Crippen LogP contribution in [0.3, 0.4) is 0 Å². The molecule has 3 rings (SSSR count). The standard InChI is InChI=1S/C24H23ClF2N2O2/c1-3-4-16(21-13-18(25)6-5-15(21)2)9-10-28-24(30)23-14-20(31-29-23)12-17-11-19(26)7-8-22(17)27/h4-8,11,13-14H,3,9-10,12H2,1-2H3,(H,28,30). The topological polar surface area (TPSA) is 55.1 Å². The first-order valence-electron chi connectivity index (χ1n) is 10.0. The quantitative estimate of drug-likeness (QED) is 0.455. The summed E-state index contributed by atoms with van der Waals surface area (Å²) in [6.45, 7) is 4.47. The number of amides is 1. The van der Waals surface area contributed by atoms with Crippen molar-refractivity contribution in [1.82, 2.24) is 10.5 Å². The molecule has 0 saturated carbocycles. The van der Waals surface area contributed by atoms with Crippen LogP contribution in [0.5, 0.6) is 0 Å². The van der Waals surface area contributed by atoms with E-state index in [-0.39, 0.29) is 23.4 Å². The molecule has 1 aromatic heterocycles. The first kappa shape index (κ1) is 22.7. The summed E-state index contributed by atoms with van der Waals surface area (Å²) in [4.78, 5) is 12.4. The van der Waals surface area contributed by atoms with Crippen LogP contribution in [0.15, 0.2) is 53.1 Å². The average molecular weight is 445 g/mol. The lowest BCUT2D eigenvalue weighted by Gasteiger charge is -2.12. The number of aromatic nitrogens is 1. The van der Waals surface area contributed by atoms with Crippen LogP contribution in [-0.4, -0.2) is 17.6 Å². The molecule has 31 heavy (non-hydrogen) atoms. The SMILES string of the molecule is CCC=C(CCNC(=O)c1cc(Cc2cc(F)ccc2F)on1)c1cc(Cl)ccc1C. The van der Waals surface area contributed by atoms with Gasteiger partial charge in [-0.15, -0.1) is 0 Å². The van der Waals surface area contributed by atoms with Crippen LogP contribution in [0.4, 0.5) is 8.78 Å². The van der Waals surface area contributed by atoms with Crippen molar-refractivity contribution in [1.29, 1.82) is 0 Å². The second-order valence-corrected chi connectivity index (χ2v) is 7.63. The molecule has 1 amide bonds. The molecule has 1 heterocycles. The Morgan fingerprint density at radius 1 is 1.19 bits per heavy atom. The zero-order valence-corrected chi connectivity index (χ0v) is 18.1. The molecular formula is C24H23ClF2N2O2. The van der Waals surface area contributed by atoms with Crippen LogP contribution < -0.4 is 5.32 Å². The Morgan fingerprint density at radius 2 is 2.00 bits per heavy atom. The fourth-order valence-electron chi connectivity index (χ4n) is 3.30. The van der Waals surface area contributed by atoms with Gasteiger partial charge in [-0.2, -0.15) is 0 Å². The summed E-state index contributed by atoms with van der Waals surface area (Å²) in [5, 5.41) is 7.23. The van der Waals surface area contributed by atoms with Crippen LogP contribution in [0, 0.1) is 18.6 Å². The summed E-state index contributed by atoms with van der Waals surface area (Å²) in [5.41, 5.74) is 3.50. The van der Waals surface area contributed by atoms with Crippen molar-refractivity contribution >= 4 is 23.1 Å². The first-order valence-corrected chi connectivity index (χ1v) is 10.4. The smallest absolute Gasteiger partial charge is 0.273 e. The maximum Gasteiger partial charge on any atom is 0.273 e. The van der Waals surface area contributed by atoms with Crippen molar-refractivity contribution in [3.05, 3.63) is 93.3 Å². The zero-order valence-electron chi connectivity index (χ0n) is 17.3. The molecule has 0 unspecified atom stereocenters. The minimum atomic E-state index is -0.546. The van der Waals surface area contributed by atoms with Crippen molar-refractivity contribution in [3.8, 4) is 0 Å². The van der Waals surface area contributed by atoms with E-state index in [1.807, 2.05) is 25.1 Å². The van der Waals surface area contributed by atoms with Crippen LogP contribution in [0.1, 0.15) is 52.7 Å². The molecule has 2 aromatic carbocycles. The number of allylic oxidation sites excluding steroid dienone is 1. The molecule has 0 atom stereocenters. The fraction of sp³-hybridized carbons (Fsp3) is 0.250. The molecule has 162 valence electrons. The molecule has 0 bridgehead atoms. The maximum atomic E-state index is 13.8. The molecule has 0 spiro atoms. The van der Waals surface area contributed by atoms with Gasteiger partial charge in [0.25, 0.3) is 5.91 Å². The van der Waals surface area contributed by atoms with Gasteiger partial charge in [-0.25, -0.2) is 8.78 Å². The Labute approximate surface area is 184 Å². The predicted octanol–water partition coefficient (Wildman–Crippen LogP) is 6.12. The van der Waals surface area contributed by atoms with Crippen molar-refractivity contribution < 1.29 is 18.1 Å². The Morgan fingerprint density at radius 3 is 2.77 bits per heavy atom. The Hall–Kier alpha value is -2.99. The molecule has 0 aliphatic rings. The maximum absolute atomic E-state index is 13.8. The number of nitrogens with zero attached hydrogens (tertiary/aromatic N) is 1. The fourth-order valence-corrected chi connectivity index (χ4v) is 3.48. The molecule has 4 nitrogen and oxygen atoms in total. The van der Waals surface area contributed by atoms with Gasteiger partial charge in [-0.05, 0) is 72.4 Å². The van der Waals surface area contributed by atoms with E-state index in [2.05, 4.69) is 23.5 Å². The molecule has 0 fully saturated rings. The number of halogens is 3. The Balaban J connectivity index is 1.61. The van der Waals surface area contributed by atoms with E-state index in [1.165, 1.54) is 6.07 Å². The Kier molecular flexibility index (Phi) is 7.58. The summed E-state index contributed by atoms with van der Waals surface area (Å²) in [5.74, 6) is -1.21. The number of aryl methyl sites for hydroxylation is 1. The van der Waals surface area contributed by atoms with Gasteiger partial charge in [-0.3, -0.25) is 4.79 Å². The molecule has 0 radical (unpaired) electrons. The van der Waals surface area contributed by atoms with E-state index >= 15 is 0 Å². The van der Waals surface area contributed by atoms with Gasteiger partial charge in [0.1, 0.15) is 17.4 Å². The highest BCUT2D eigenvalue weighted by Gasteiger charge is 2.15. The van der Waals surface area contributed by atoms with Gasteiger partial charge >= 0.3 is 0 Å². The van der Waals surface area contributed by atoms with Gasteiger partial charge in [0.15, 0.2) is 5.69 Å². The largest absolute Gasteiger partial charge is 0.360 e. The number of carbonyl (C=O) groups excluding carboxylic acids is 1. The number of hydrogen-bond acceptors (Lipinski definition) is 3. The first-order chi connectivity index (χ1) is 14.9. The summed E-state index contributed by atoms with van der Waals surface area (Å²) >= 11 is 6.14. The van der Waals surface area contributed by atoms with E-state index in [4.69, 9.17) is 16.1 Å². The van der Waals surface area contributed by atoms with Gasteiger partial charge < -0.3 is 9.84 Å². The lowest BCUT2D eigenvalue weighted by atomic mass is 9.97. The summed E-state index contributed by atoms with van der Waals surface area (Å²) in [7, 11) is 0. The van der Waals surface area contributed by atoms with Crippen LogP contribution in [-0.2, 0) is 6.42 Å². The normalized spacial score (nSPS) is 11.6. The van der Waals surface area contributed by atoms with Gasteiger partial charge in [0.2, 0.25) is 0 Å². The lowest BCUT2D eigenvalue weighted by molar-refractivity contribution is 0.0945. The van der Waals surface area contributed by atoms with Crippen molar-refractivity contribution in [3.63, 3.8) is 0 Å². The highest BCUT2D eigenvalue weighted by molar-refractivity contribution is 6.30. The number of carbonyl (C=O) groups is 1. The van der Waals surface area contributed by atoms with Crippen molar-refractivity contribution in [2.75, 3.05) is 6.54 Å². The van der Waals surface area contributed by atoms with Gasteiger partial charge in [0.05, 0.1) is 0 Å². The number of rotatable bonds is 8. The third kappa shape index (κ3) is 6.01. The van der Waals surface area contributed by atoms with E-state index in [0.29, 0.717) is 18.0 Å². The van der Waals surface area contributed by atoms with Crippen molar-refractivity contribution in [2.45, 2.75) is 33.1 Å². The van der Waals surface area contributed by atoms with Gasteiger partial charge in [-0.1, -0.05) is 35.8 Å². The third-order valence-corrected chi connectivity index (χ3v) is 5.08. The van der Waals surface area contributed by atoms with E-state index in [9.17, 15) is 13.6 Å². The van der Waals surface area contributed by atoms with Crippen molar-refractivity contribution in [2.24, 2.45) is 0 Å². The molecular weight excluding hydrogens is 422 g/mol. The molecule has 0 saturated heterocycles. The van der Waals surface area contributed by atoms with E-state index < -0.39 is 17.5 Å². The summed E-state index contributed by atoms with van der Waals surface area (Å²) < 4.78 is 32.2. The second-order valence-electron chi connectivity index (χ2n) is 7.19. The molecule has 0 aliphatic carbocycles. The molecule has 7 heteroatoms. The molecule has 0 aliphatic heterocycles. The van der Waals surface area contributed by atoms with Crippen LogP contribution in [0.2, 0.25) is 5.02 Å². The lowest BCUT2D eigenvalue weighted by Crippen LogP contribution is -2.25.